The topological polar surface area (TPSA) is 92.4 Å². The van der Waals surface area contributed by atoms with Crippen molar-refractivity contribution in [3.63, 3.8) is 0 Å². The molecule has 0 aliphatic heterocycles. The highest BCUT2D eigenvalue weighted by Crippen LogP contribution is 2.12. The fourth-order valence-electron chi connectivity index (χ4n) is 1.68. The van der Waals surface area contributed by atoms with Crippen LogP contribution in [0.25, 0.3) is 0 Å². The van der Waals surface area contributed by atoms with E-state index in [0.717, 1.165) is 5.56 Å². The summed E-state index contributed by atoms with van der Waals surface area (Å²) in [4.78, 5) is 23.0. The quantitative estimate of drug-likeness (QED) is 0.745. The smallest absolute Gasteiger partial charge is 0.326 e. The summed E-state index contributed by atoms with van der Waals surface area (Å²) in [6, 6.07) is 5.47. The molecule has 1 aromatic rings. The van der Waals surface area contributed by atoms with Crippen LogP contribution in [0.2, 0.25) is 0 Å². The van der Waals surface area contributed by atoms with Crippen LogP contribution in [0.5, 0.6) is 0 Å². The maximum Gasteiger partial charge on any atom is 0.326 e. The maximum atomic E-state index is 11.9. The second kappa shape index (κ2) is 6.33. The summed E-state index contributed by atoms with van der Waals surface area (Å²) in [5, 5.41) is 11.5. The number of carbonyl (C=O) groups excluding carboxylic acids is 1. The largest absolute Gasteiger partial charge is 0.480 e. The zero-order chi connectivity index (χ0) is 14.6. The monoisotopic (exact) mass is 264 g/mol. The first-order valence-corrected chi connectivity index (χ1v) is 6.18. The molecule has 5 nitrogen and oxygen atoms in total. The van der Waals surface area contributed by atoms with Crippen LogP contribution in [0.3, 0.4) is 0 Å². The fourth-order valence-corrected chi connectivity index (χ4v) is 1.68. The van der Waals surface area contributed by atoms with Gasteiger partial charge in [0.2, 0.25) is 5.91 Å². The van der Waals surface area contributed by atoms with Crippen molar-refractivity contribution in [3.8, 4) is 0 Å². The van der Waals surface area contributed by atoms with Gasteiger partial charge >= 0.3 is 5.97 Å². The summed E-state index contributed by atoms with van der Waals surface area (Å²) < 4.78 is 0. The van der Waals surface area contributed by atoms with Crippen molar-refractivity contribution in [1.82, 2.24) is 5.32 Å². The zero-order valence-electron chi connectivity index (χ0n) is 11.4. The number of amides is 1. The van der Waals surface area contributed by atoms with E-state index < -0.39 is 24.0 Å². The van der Waals surface area contributed by atoms with E-state index in [-0.39, 0.29) is 5.92 Å². The predicted molar refractivity (Wildman–Crippen MR) is 72.5 cm³/mol. The lowest BCUT2D eigenvalue weighted by atomic mass is 10.0. The third-order valence-electron chi connectivity index (χ3n) is 2.95. The molecule has 0 fully saturated rings. The van der Waals surface area contributed by atoms with Gasteiger partial charge in [-0.1, -0.05) is 43.7 Å². The molecule has 0 saturated carbocycles. The van der Waals surface area contributed by atoms with Gasteiger partial charge < -0.3 is 16.2 Å². The SMILES string of the molecule is Cc1ccc(C(N)C(=O)N[C@@H](C(=O)O)C(C)C)cc1. The molecule has 0 aliphatic rings. The number of nitrogens with two attached hydrogens (primary N) is 1. The Bertz CT molecular complexity index is 454. The van der Waals surface area contributed by atoms with E-state index in [4.69, 9.17) is 10.8 Å². The van der Waals surface area contributed by atoms with E-state index in [9.17, 15) is 9.59 Å². The van der Waals surface area contributed by atoms with Crippen LogP contribution in [-0.4, -0.2) is 23.0 Å². The number of benzene rings is 1. The first kappa shape index (κ1) is 15.2. The molecule has 1 rings (SSSR count). The number of carbonyl (C=O) groups is 2. The number of hydrogen-bond donors (Lipinski definition) is 3. The zero-order valence-corrected chi connectivity index (χ0v) is 11.4. The number of nitrogens with one attached hydrogen (secondary N) is 1. The Kier molecular flexibility index (Phi) is 5.06. The molecule has 0 heterocycles. The van der Waals surface area contributed by atoms with Gasteiger partial charge in [-0.05, 0) is 18.4 Å². The summed E-state index contributed by atoms with van der Waals surface area (Å²) in [5.74, 6) is -1.74. The number of aliphatic carboxylic acids is 1. The Morgan fingerprint density at radius 3 is 2.16 bits per heavy atom. The van der Waals surface area contributed by atoms with E-state index in [1.807, 2.05) is 19.1 Å². The molecule has 0 aromatic heterocycles. The van der Waals surface area contributed by atoms with Crippen molar-refractivity contribution in [2.75, 3.05) is 0 Å². The van der Waals surface area contributed by atoms with E-state index in [0.29, 0.717) is 5.56 Å². The average Bonchev–Trinajstić information content (AvgIpc) is 2.34. The highest BCUT2D eigenvalue weighted by Gasteiger charge is 2.26. The van der Waals surface area contributed by atoms with E-state index in [1.54, 1.807) is 26.0 Å². The second-order valence-electron chi connectivity index (χ2n) is 4.96. The second-order valence-corrected chi connectivity index (χ2v) is 4.96. The van der Waals surface area contributed by atoms with Crippen molar-refractivity contribution >= 4 is 11.9 Å². The molecule has 1 amide bonds. The number of carboxylic acids is 1. The minimum absolute atomic E-state index is 0.202. The standard InChI is InChI=1S/C14H20N2O3/c1-8(2)12(14(18)19)16-13(17)11(15)10-6-4-9(3)5-7-10/h4-8,11-12H,15H2,1-3H3,(H,16,17)(H,18,19)/t11?,12-/m1/s1. The van der Waals surface area contributed by atoms with Gasteiger partial charge in [0.05, 0.1) is 0 Å². The number of aryl methyl sites for hydroxylation is 1. The summed E-state index contributed by atoms with van der Waals surface area (Å²) >= 11 is 0. The number of rotatable bonds is 5. The molecule has 0 saturated heterocycles. The lowest BCUT2D eigenvalue weighted by Crippen LogP contribution is -2.47. The van der Waals surface area contributed by atoms with Crippen LogP contribution in [0.15, 0.2) is 24.3 Å². The van der Waals surface area contributed by atoms with Crippen molar-refractivity contribution in [2.45, 2.75) is 32.9 Å². The van der Waals surface area contributed by atoms with Crippen LogP contribution in [0, 0.1) is 12.8 Å². The highest BCUT2D eigenvalue weighted by molar-refractivity contribution is 5.87. The van der Waals surface area contributed by atoms with Crippen LogP contribution < -0.4 is 11.1 Å². The van der Waals surface area contributed by atoms with Gasteiger partial charge in [-0.25, -0.2) is 4.79 Å². The maximum absolute atomic E-state index is 11.9. The molecule has 1 aromatic carbocycles. The summed E-state index contributed by atoms with van der Waals surface area (Å²) in [7, 11) is 0. The van der Waals surface area contributed by atoms with Crippen LogP contribution >= 0.6 is 0 Å². The van der Waals surface area contributed by atoms with Gasteiger partial charge in [0.15, 0.2) is 0 Å². The van der Waals surface area contributed by atoms with Gasteiger partial charge in [0.1, 0.15) is 12.1 Å². The molecule has 5 heteroatoms. The summed E-state index contributed by atoms with van der Waals surface area (Å²) in [5.41, 5.74) is 7.57. The number of carboxylic acid groups (broad SMARTS) is 1. The molecule has 2 atom stereocenters. The minimum Gasteiger partial charge on any atom is -0.480 e. The molecular formula is C14H20N2O3. The molecular weight excluding hydrogens is 244 g/mol. The van der Waals surface area contributed by atoms with Gasteiger partial charge in [-0.15, -0.1) is 0 Å². The van der Waals surface area contributed by atoms with Crippen LogP contribution in [-0.2, 0) is 9.59 Å². The molecule has 19 heavy (non-hydrogen) atoms. The first-order valence-electron chi connectivity index (χ1n) is 6.18. The van der Waals surface area contributed by atoms with Crippen molar-refractivity contribution in [2.24, 2.45) is 11.7 Å². The van der Waals surface area contributed by atoms with Gasteiger partial charge in [-0.2, -0.15) is 0 Å². The molecule has 1 unspecified atom stereocenters. The molecule has 0 radical (unpaired) electrons. The molecule has 4 N–H and O–H groups in total. The third-order valence-corrected chi connectivity index (χ3v) is 2.95. The Morgan fingerprint density at radius 2 is 1.74 bits per heavy atom. The summed E-state index contributed by atoms with van der Waals surface area (Å²) in [6.45, 7) is 5.40. The highest BCUT2D eigenvalue weighted by atomic mass is 16.4. The van der Waals surface area contributed by atoms with Crippen LogP contribution in [0.1, 0.15) is 31.0 Å². The van der Waals surface area contributed by atoms with E-state index in [1.165, 1.54) is 0 Å². The molecule has 0 bridgehead atoms. The minimum atomic E-state index is -1.06. The lowest BCUT2D eigenvalue weighted by molar-refractivity contribution is -0.143. The molecule has 0 aliphatic carbocycles. The van der Waals surface area contributed by atoms with Crippen LogP contribution in [0.4, 0.5) is 0 Å². The Morgan fingerprint density at radius 1 is 1.21 bits per heavy atom. The lowest BCUT2D eigenvalue weighted by Gasteiger charge is -2.20. The van der Waals surface area contributed by atoms with Gasteiger partial charge in [0.25, 0.3) is 0 Å². The third kappa shape index (κ3) is 4.06. The van der Waals surface area contributed by atoms with E-state index >= 15 is 0 Å². The summed E-state index contributed by atoms with van der Waals surface area (Å²) in [6.07, 6.45) is 0. The molecule has 104 valence electrons. The average molecular weight is 264 g/mol. The van der Waals surface area contributed by atoms with Gasteiger partial charge in [-0.3, -0.25) is 4.79 Å². The predicted octanol–water partition coefficient (Wildman–Crippen LogP) is 1.22. The fraction of sp³-hybridized carbons (Fsp3) is 0.429. The van der Waals surface area contributed by atoms with Crippen molar-refractivity contribution < 1.29 is 14.7 Å². The normalized spacial score (nSPS) is 13.9. The number of hydrogen-bond acceptors (Lipinski definition) is 3. The Hall–Kier alpha value is -1.88. The van der Waals surface area contributed by atoms with Gasteiger partial charge in [0, 0.05) is 0 Å². The Balaban J connectivity index is 2.77. The van der Waals surface area contributed by atoms with Crippen molar-refractivity contribution in [1.29, 1.82) is 0 Å². The Labute approximate surface area is 112 Å². The molecule has 0 spiro atoms. The van der Waals surface area contributed by atoms with E-state index in [2.05, 4.69) is 5.32 Å². The van der Waals surface area contributed by atoms with Crippen molar-refractivity contribution in [3.05, 3.63) is 35.4 Å². The first-order chi connectivity index (χ1) is 8.82.